The second kappa shape index (κ2) is 12.5. The van der Waals surface area contributed by atoms with Gasteiger partial charge in [0.2, 0.25) is 5.91 Å². The number of benzene rings is 2. The van der Waals surface area contributed by atoms with Crippen molar-refractivity contribution in [2.45, 2.75) is 32.1 Å². The first-order chi connectivity index (χ1) is 22.3. The summed E-state index contributed by atoms with van der Waals surface area (Å²) < 4.78 is 7.21. The number of amides is 1. The second-order valence-electron chi connectivity index (χ2n) is 13.3. The fourth-order valence-corrected chi connectivity index (χ4v) is 7.57. The van der Waals surface area contributed by atoms with Crippen LogP contribution in [0.25, 0.3) is 17.0 Å². The third kappa shape index (κ3) is 5.87. The third-order valence-electron chi connectivity index (χ3n) is 10.4. The largest absolute Gasteiger partial charge is 0.398 e. The van der Waals surface area contributed by atoms with E-state index in [-0.39, 0.29) is 17.2 Å². The number of nitrogen functional groups attached to an aromatic ring is 1. The van der Waals surface area contributed by atoms with E-state index in [0.29, 0.717) is 31.2 Å². The van der Waals surface area contributed by atoms with Crippen molar-refractivity contribution in [2.24, 2.45) is 18.4 Å². The van der Waals surface area contributed by atoms with Crippen molar-refractivity contribution < 1.29 is 9.53 Å². The van der Waals surface area contributed by atoms with Gasteiger partial charge in [-0.1, -0.05) is 36.9 Å². The van der Waals surface area contributed by atoms with E-state index in [1.807, 2.05) is 30.1 Å². The molecule has 7 rings (SSSR count). The topological polar surface area (TPSA) is 117 Å². The summed E-state index contributed by atoms with van der Waals surface area (Å²) in [4.78, 5) is 25.0. The van der Waals surface area contributed by atoms with Crippen LogP contribution in [0.2, 0.25) is 0 Å². The highest BCUT2D eigenvalue weighted by Gasteiger charge is 2.51. The van der Waals surface area contributed by atoms with Gasteiger partial charge in [-0.3, -0.25) is 14.4 Å². The molecular weight excluding hydrogens is 576 g/mol. The fourth-order valence-electron chi connectivity index (χ4n) is 7.57. The van der Waals surface area contributed by atoms with Gasteiger partial charge in [-0.2, -0.15) is 5.10 Å². The number of hydrogen-bond acceptors (Lipinski definition) is 8. The number of nitrogens with two attached hydrogens (primary N) is 1. The van der Waals surface area contributed by atoms with Gasteiger partial charge in [0, 0.05) is 92.8 Å². The Hall–Kier alpha value is -4.28. The molecule has 3 aromatic rings. The van der Waals surface area contributed by atoms with Crippen molar-refractivity contribution in [1.82, 2.24) is 24.6 Å². The number of rotatable bonds is 8. The van der Waals surface area contributed by atoms with Crippen LogP contribution in [0, 0.1) is 16.7 Å². The van der Waals surface area contributed by atoms with Crippen LogP contribution in [-0.2, 0) is 16.6 Å². The van der Waals surface area contributed by atoms with Crippen molar-refractivity contribution >= 4 is 28.6 Å². The minimum absolute atomic E-state index is 0.146. The van der Waals surface area contributed by atoms with Crippen molar-refractivity contribution in [3.05, 3.63) is 78.3 Å². The second-order valence-corrected chi connectivity index (χ2v) is 13.3. The molecule has 0 radical (unpaired) electrons. The fraction of sp³-hybridized carbons (Fsp3) is 0.444. The molecule has 4 aliphatic heterocycles. The van der Waals surface area contributed by atoms with Gasteiger partial charge in [0.15, 0.2) is 5.82 Å². The van der Waals surface area contributed by atoms with Crippen LogP contribution in [0.1, 0.15) is 43.2 Å². The number of nitrogens with zero attached hydrogens (tertiary/aromatic N) is 6. The summed E-state index contributed by atoms with van der Waals surface area (Å²) in [5, 5.41) is 13.2. The van der Waals surface area contributed by atoms with E-state index in [9.17, 15) is 4.79 Å². The summed E-state index contributed by atoms with van der Waals surface area (Å²) in [7, 11) is 1.88. The van der Waals surface area contributed by atoms with Gasteiger partial charge >= 0.3 is 0 Å². The van der Waals surface area contributed by atoms with Crippen LogP contribution in [0.5, 0.6) is 0 Å². The molecule has 0 aliphatic carbocycles. The molecule has 3 fully saturated rings. The molecule has 1 spiro atoms. The quantitative estimate of drug-likeness (QED) is 0.280. The van der Waals surface area contributed by atoms with E-state index in [1.54, 1.807) is 11.0 Å². The van der Waals surface area contributed by atoms with Gasteiger partial charge in [-0.05, 0) is 68.0 Å². The van der Waals surface area contributed by atoms with Crippen molar-refractivity contribution in [3.8, 4) is 11.4 Å². The average molecular weight is 621 g/mol. The van der Waals surface area contributed by atoms with Crippen LogP contribution < -0.4 is 10.6 Å². The molecule has 46 heavy (non-hydrogen) atoms. The molecule has 10 heteroatoms. The number of ether oxygens (including phenoxy) is 1. The zero-order valence-electron chi connectivity index (χ0n) is 26.8. The molecule has 4 aliphatic rings. The van der Waals surface area contributed by atoms with Crippen LogP contribution in [0.3, 0.4) is 0 Å². The molecule has 5 heterocycles. The predicted octanol–water partition coefficient (Wildman–Crippen LogP) is 4.59. The smallest absolute Gasteiger partial charge is 0.234 e. The Bertz CT molecular complexity index is 1670. The Kier molecular flexibility index (Phi) is 8.25. The summed E-state index contributed by atoms with van der Waals surface area (Å²) in [5.74, 6) is 1.09. The van der Waals surface area contributed by atoms with Crippen molar-refractivity contribution in [1.29, 1.82) is 5.41 Å². The van der Waals surface area contributed by atoms with E-state index >= 15 is 0 Å². The lowest BCUT2D eigenvalue weighted by Crippen LogP contribution is -2.39. The molecular formula is C36H44N8O2. The van der Waals surface area contributed by atoms with E-state index in [4.69, 9.17) is 15.9 Å². The lowest BCUT2D eigenvalue weighted by Gasteiger charge is -2.32. The SMILES string of the molecule is C=C(CN1CC[C@]2(CCN(c3ccc(N)c(C(=N)C4CCOCC4)c3)C2=O)C1)N1CC=C(c2ccc(-c3ncn(C)n3)cc2)CC1. The maximum atomic E-state index is 14.0. The normalized spacial score (nSPS) is 22.5. The van der Waals surface area contributed by atoms with E-state index < -0.39 is 0 Å². The zero-order valence-corrected chi connectivity index (χ0v) is 26.8. The van der Waals surface area contributed by atoms with Crippen LogP contribution in [0.4, 0.5) is 11.4 Å². The summed E-state index contributed by atoms with van der Waals surface area (Å²) in [6.07, 6.45) is 8.38. The first-order valence-electron chi connectivity index (χ1n) is 16.5. The maximum Gasteiger partial charge on any atom is 0.234 e. The summed E-state index contributed by atoms with van der Waals surface area (Å²) in [6, 6.07) is 14.3. The monoisotopic (exact) mass is 620 g/mol. The molecule has 0 unspecified atom stereocenters. The molecule has 1 amide bonds. The van der Waals surface area contributed by atoms with E-state index in [2.05, 4.69) is 56.8 Å². The number of aromatic nitrogens is 3. The summed E-state index contributed by atoms with van der Waals surface area (Å²) >= 11 is 0. The Morgan fingerprint density at radius 3 is 2.57 bits per heavy atom. The van der Waals surface area contributed by atoms with Crippen LogP contribution in [-0.4, -0.2) is 88.7 Å². The Morgan fingerprint density at radius 2 is 1.85 bits per heavy atom. The highest BCUT2D eigenvalue weighted by atomic mass is 16.5. The highest BCUT2D eigenvalue weighted by Crippen LogP contribution is 2.43. The minimum Gasteiger partial charge on any atom is -0.398 e. The van der Waals surface area contributed by atoms with E-state index in [1.165, 1.54) is 11.1 Å². The van der Waals surface area contributed by atoms with Gasteiger partial charge in [-0.15, -0.1) is 0 Å². The minimum atomic E-state index is -0.359. The van der Waals surface area contributed by atoms with Crippen molar-refractivity contribution in [3.63, 3.8) is 0 Å². The zero-order chi connectivity index (χ0) is 31.8. The highest BCUT2D eigenvalue weighted by molar-refractivity contribution is 6.07. The van der Waals surface area contributed by atoms with Crippen LogP contribution in [0.15, 0.2) is 67.1 Å². The standard InChI is InChI=1S/C36H44N8O2/c1-25(43-15-9-27(10-16-43)26-3-5-29(6-4-26)34-39-24-41(2)40-34)22-42-17-13-36(23-42)14-18-44(35(36)45)30-7-8-32(37)31(21-30)33(38)28-11-19-46-20-12-28/h3-9,21,24,28,38H,1,10-20,22-23,37H2,2H3/t36-/m0/s1. The lowest BCUT2D eigenvalue weighted by molar-refractivity contribution is -0.125. The number of anilines is 2. The van der Waals surface area contributed by atoms with Crippen molar-refractivity contribution in [2.75, 3.05) is 63.1 Å². The number of carbonyl (C=O) groups excluding carboxylic acids is 1. The molecule has 2 aromatic carbocycles. The molecule has 0 bridgehead atoms. The number of hydrogen-bond donors (Lipinski definition) is 2. The molecule has 3 saturated heterocycles. The molecule has 240 valence electrons. The third-order valence-corrected chi connectivity index (χ3v) is 10.4. The van der Waals surface area contributed by atoms with Gasteiger partial charge in [0.05, 0.1) is 5.41 Å². The van der Waals surface area contributed by atoms with Crippen LogP contribution >= 0.6 is 0 Å². The number of aryl methyl sites for hydroxylation is 1. The lowest BCUT2D eigenvalue weighted by atomic mass is 9.85. The summed E-state index contributed by atoms with van der Waals surface area (Å²) in [6.45, 7) is 10.7. The summed E-state index contributed by atoms with van der Waals surface area (Å²) in [5.41, 5.74) is 13.5. The molecule has 1 atom stereocenters. The molecule has 0 saturated carbocycles. The first-order valence-corrected chi connectivity index (χ1v) is 16.5. The maximum absolute atomic E-state index is 14.0. The predicted molar refractivity (Wildman–Crippen MR) is 181 cm³/mol. The average Bonchev–Trinajstić information content (AvgIpc) is 3.80. The molecule has 3 N–H and O–H groups in total. The Labute approximate surface area is 271 Å². The first kappa shape index (κ1) is 30.4. The molecule has 1 aromatic heterocycles. The van der Waals surface area contributed by atoms with Gasteiger partial charge < -0.3 is 25.7 Å². The van der Waals surface area contributed by atoms with Gasteiger partial charge in [0.25, 0.3) is 0 Å². The number of likely N-dealkylation sites (tertiary alicyclic amines) is 1. The van der Waals surface area contributed by atoms with E-state index in [0.717, 1.165) is 93.2 Å². The molecule has 10 nitrogen and oxygen atoms in total. The van der Waals surface area contributed by atoms with Gasteiger partial charge in [0.1, 0.15) is 6.33 Å². The number of carbonyl (C=O) groups is 1. The Morgan fingerprint density at radius 1 is 1.09 bits per heavy atom. The number of nitrogens with one attached hydrogen (secondary N) is 1. The Balaban J connectivity index is 0.946. The van der Waals surface area contributed by atoms with Gasteiger partial charge in [-0.25, -0.2) is 4.98 Å².